The van der Waals surface area contributed by atoms with Crippen molar-refractivity contribution in [2.75, 3.05) is 32.5 Å². The van der Waals surface area contributed by atoms with Crippen LogP contribution in [-0.4, -0.2) is 43.2 Å². The molecular formula is C12H18N2O2. The Bertz CT molecular complexity index is 351. The number of carboxylic acids is 1. The predicted molar refractivity (Wildman–Crippen MR) is 65.1 cm³/mol. The molecule has 0 spiro atoms. The normalized spacial score (nSPS) is 10.4. The van der Waals surface area contributed by atoms with E-state index in [1.54, 1.807) is 18.2 Å². The van der Waals surface area contributed by atoms with Crippen molar-refractivity contribution in [2.45, 2.75) is 6.42 Å². The van der Waals surface area contributed by atoms with Crippen LogP contribution in [0.15, 0.2) is 24.3 Å². The average Bonchev–Trinajstić information content (AvgIpc) is 2.24. The van der Waals surface area contributed by atoms with Crippen LogP contribution < -0.4 is 5.32 Å². The lowest BCUT2D eigenvalue weighted by Crippen LogP contribution is -2.17. The maximum atomic E-state index is 10.9. The van der Waals surface area contributed by atoms with E-state index in [-0.39, 0.29) is 0 Å². The fraction of sp³-hybridized carbons (Fsp3) is 0.417. The second-order valence-electron chi connectivity index (χ2n) is 3.93. The largest absolute Gasteiger partial charge is 0.478 e. The van der Waals surface area contributed by atoms with Gasteiger partial charge in [0.2, 0.25) is 0 Å². The third-order valence-corrected chi connectivity index (χ3v) is 2.26. The summed E-state index contributed by atoms with van der Waals surface area (Å²) in [6.07, 6.45) is 0.987. The molecule has 0 saturated heterocycles. The van der Waals surface area contributed by atoms with Crippen LogP contribution in [0.5, 0.6) is 0 Å². The Morgan fingerprint density at radius 2 is 2.06 bits per heavy atom. The molecule has 0 aromatic heterocycles. The van der Waals surface area contributed by atoms with Crippen LogP contribution in [-0.2, 0) is 0 Å². The van der Waals surface area contributed by atoms with Gasteiger partial charge in [-0.2, -0.15) is 0 Å². The summed E-state index contributed by atoms with van der Waals surface area (Å²) < 4.78 is 0. The Labute approximate surface area is 95.9 Å². The second kappa shape index (κ2) is 6.12. The summed E-state index contributed by atoms with van der Waals surface area (Å²) in [5.41, 5.74) is 1.01. The molecule has 0 saturated carbocycles. The van der Waals surface area contributed by atoms with Gasteiger partial charge in [0.1, 0.15) is 0 Å². The third kappa shape index (κ3) is 3.90. The van der Waals surface area contributed by atoms with Gasteiger partial charge in [0.25, 0.3) is 0 Å². The van der Waals surface area contributed by atoms with Crippen LogP contribution in [0.2, 0.25) is 0 Å². The van der Waals surface area contributed by atoms with Crippen LogP contribution in [0, 0.1) is 0 Å². The van der Waals surface area contributed by atoms with E-state index in [9.17, 15) is 4.79 Å². The number of nitrogens with zero attached hydrogens (tertiary/aromatic N) is 1. The zero-order valence-corrected chi connectivity index (χ0v) is 9.73. The molecule has 0 amide bonds. The van der Waals surface area contributed by atoms with E-state index in [1.807, 2.05) is 20.2 Å². The van der Waals surface area contributed by atoms with Crippen LogP contribution in [0.25, 0.3) is 0 Å². The zero-order chi connectivity index (χ0) is 12.0. The van der Waals surface area contributed by atoms with Crippen molar-refractivity contribution < 1.29 is 9.90 Å². The molecule has 1 aromatic carbocycles. The van der Waals surface area contributed by atoms with Gasteiger partial charge in [0.05, 0.1) is 5.56 Å². The molecule has 88 valence electrons. The molecular weight excluding hydrogens is 204 g/mol. The van der Waals surface area contributed by atoms with Crippen molar-refractivity contribution in [2.24, 2.45) is 0 Å². The molecule has 0 bridgehead atoms. The van der Waals surface area contributed by atoms with Gasteiger partial charge in [-0.25, -0.2) is 4.79 Å². The standard InChI is InChI=1S/C12H18N2O2/c1-14(2)9-5-8-13-11-7-4-3-6-10(11)12(15)16/h3-4,6-7,13H,5,8-9H2,1-2H3,(H,15,16). The first-order chi connectivity index (χ1) is 7.61. The molecule has 0 fully saturated rings. The Kier molecular flexibility index (Phi) is 4.79. The van der Waals surface area contributed by atoms with Crippen molar-refractivity contribution in [1.29, 1.82) is 0 Å². The Balaban J connectivity index is 2.50. The molecule has 0 atom stereocenters. The Morgan fingerprint density at radius 1 is 1.38 bits per heavy atom. The fourth-order valence-electron chi connectivity index (χ4n) is 1.44. The maximum absolute atomic E-state index is 10.9. The van der Waals surface area contributed by atoms with Crippen LogP contribution >= 0.6 is 0 Å². The minimum Gasteiger partial charge on any atom is -0.478 e. The lowest BCUT2D eigenvalue weighted by molar-refractivity contribution is 0.0698. The third-order valence-electron chi connectivity index (χ3n) is 2.26. The molecule has 0 aliphatic heterocycles. The lowest BCUT2D eigenvalue weighted by atomic mass is 10.2. The summed E-state index contributed by atoms with van der Waals surface area (Å²) >= 11 is 0. The van der Waals surface area contributed by atoms with Gasteiger partial charge in [-0.05, 0) is 39.2 Å². The lowest BCUT2D eigenvalue weighted by Gasteiger charge is -2.11. The number of carbonyl (C=O) groups is 1. The Hall–Kier alpha value is -1.55. The van der Waals surface area contributed by atoms with Gasteiger partial charge in [-0.1, -0.05) is 12.1 Å². The zero-order valence-electron chi connectivity index (χ0n) is 9.73. The quantitative estimate of drug-likeness (QED) is 0.720. The summed E-state index contributed by atoms with van der Waals surface area (Å²) in [6, 6.07) is 6.96. The van der Waals surface area contributed by atoms with Gasteiger partial charge >= 0.3 is 5.97 Å². The van der Waals surface area contributed by atoms with Gasteiger partial charge in [0, 0.05) is 12.2 Å². The number of carboxylic acid groups (broad SMARTS) is 1. The smallest absolute Gasteiger partial charge is 0.337 e. The van der Waals surface area contributed by atoms with E-state index in [1.165, 1.54) is 0 Å². The van der Waals surface area contributed by atoms with E-state index in [0.29, 0.717) is 11.3 Å². The first-order valence-corrected chi connectivity index (χ1v) is 5.32. The summed E-state index contributed by atoms with van der Waals surface area (Å²) in [6.45, 7) is 1.77. The Morgan fingerprint density at radius 3 is 2.69 bits per heavy atom. The first-order valence-electron chi connectivity index (χ1n) is 5.32. The highest BCUT2D eigenvalue weighted by atomic mass is 16.4. The molecule has 1 aromatic rings. The van der Waals surface area contributed by atoms with Crippen LogP contribution in [0.1, 0.15) is 16.8 Å². The minimum absolute atomic E-state index is 0.326. The molecule has 1 rings (SSSR count). The topological polar surface area (TPSA) is 52.6 Å². The molecule has 0 aliphatic rings. The highest BCUT2D eigenvalue weighted by Crippen LogP contribution is 2.14. The maximum Gasteiger partial charge on any atom is 0.337 e. The first kappa shape index (κ1) is 12.5. The summed E-state index contributed by atoms with van der Waals surface area (Å²) in [7, 11) is 4.04. The SMILES string of the molecule is CN(C)CCCNc1ccccc1C(=O)O. The highest BCUT2D eigenvalue weighted by molar-refractivity contribution is 5.94. The number of hydrogen-bond acceptors (Lipinski definition) is 3. The number of benzene rings is 1. The fourth-order valence-corrected chi connectivity index (χ4v) is 1.44. The van der Waals surface area contributed by atoms with E-state index in [4.69, 9.17) is 5.11 Å². The van der Waals surface area contributed by atoms with Gasteiger partial charge in [0.15, 0.2) is 0 Å². The molecule has 4 heteroatoms. The minimum atomic E-state index is -0.893. The van der Waals surface area contributed by atoms with Gasteiger partial charge in [-0.15, -0.1) is 0 Å². The molecule has 2 N–H and O–H groups in total. The number of nitrogens with one attached hydrogen (secondary N) is 1. The van der Waals surface area contributed by atoms with Gasteiger partial charge in [-0.3, -0.25) is 0 Å². The molecule has 0 radical (unpaired) electrons. The summed E-state index contributed by atoms with van der Waals surface area (Å²) in [4.78, 5) is 13.0. The van der Waals surface area contributed by atoms with Crippen molar-refractivity contribution in [3.05, 3.63) is 29.8 Å². The number of aromatic carboxylic acids is 1. The van der Waals surface area contributed by atoms with Crippen molar-refractivity contribution >= 4 is 11.7 Å². The molecule has 0 unspecified atom stereocenters. The highest BCUT2D eigenvalue weighted by Gasteiger charge is 2.07. The number of hydrogen-bond donors (Lipinski definition) is 2. The van der Waals surface area contributed by atoms with Crippen molar-refractivity contribution in [3.63, 3.8) is 0 Å². The molecule has 16 heavy (non-hydrogen) atoms. The molecule has 0 aliphatic carbocycles. The van der Waals surface area contributed by atoms with Crippen LogP contribution in [0.3, 0.4) is 0 Å². The average molecular weight is 222 g/mol. The monoisotopic (exact) mass is 222 g/mol. The van der Waals surface area contributed by atoms with Crippen molar-refractivity contribution in [3.8, 4) is 0 Å². The molecule has 4 nitrogen and oxygen atoms in total. The number of rotatable bonds is 6. The van der Waals surface area contributed by atoms with E-state index in [2.05, 4.69) is 10.2 Å². The van der Waals surface area contributed by atoms with E-state index in [0.717, 1.165) is 19.5 Å². The summed E-state index contributed by atoms with van der Waals surface area (Å²) in [5, 5.41) is 12.1. The van der Waals surface area contributed by atoms with E-state index >= 15 is 0 Å². The number of anilines is 1. The van der Waals surface area contributed by atoms with Crippen LogP contribution in [0.4, 0.5) is 5.69 Å². The number of para-hydroxylation sites is 1. The van der Waals surface area contributed by atoms with E-state index < -0.39 is 5.97 Å². The second-order valence-corrected chi connectivity index (χ2v) is 3.93. The van der Waals surface area contributed by atoms with Crippen molar-refractivity contribution in [1.82, 2.24) is 4.90 Å². The molecule has 0 heterocycles. The predicted octanol–water partition coefficient (Wildman–Crippen LogP) is 1.75. The van der Waals surface area contributed by atoms with Gasteiger partial charge < -0.3 is 15.3 Å². The summed E-state index contributed by atoms with van der Waals surface area (Å²) in [5.74, 6) is -0.893.